The summed E-state index contributed by atoms with van der Waals surface area (Å²) in [6.45, 7) is 8.15. The number of benzene rings is 1. The van der Waals surface area contributed by atoms with E-state index in [9.17, 15) is 8.42 Å². The van der Waals surface area contributed by atoms with Crippen LogP contribution in [-0.4, -0.2) is 14.5 Å². The predicted octanol–water partition coefficient (Wildman–Crippen LogP) is 4.43. The summed E-state index contributed by atoms with van der Waals surface area (Å²) in [7, 11) is 1.74. The molecule has 0 heterocycles. The van der Waals surface area contributed by atoms with Crippen LogP contribution in [0.2, 0.25) is 0 Å². The molecule has 0 aliphatic heterocycles. The number of halogens is 1. The molecule has 21 heavy (non-hydrogen) atoms. The molecular weight excluding hydrogens is 308 g/mol. The van der Waals surface area contributed by atoms with Crippen LogP contribution in [-0.2, 0) is 9.05 Å². The highest BCUT2D eigenvalue weighted by Gasteiger charge is 2.26. The van der Waals surface area contributed by atoms with Crippen LogP contribution in [0, 0.1) is 25.7 Å². The number of rotatable bonds is 3. The van der Waals surface area contributed by atoms with Gasteiger partial charge in [-0.1, -0.05) is 13.8 Å². The molecule has 0 aromatic heterocycles. The number of hydrogen-bond acceptors (Lipinski definition) is 3. The van der Waals surface area contributed by atoms with Gasteiger partial charge in [0, 0.05) is 10.7 Å². The first-order valence-electron chi connectivity index (χ1n) is 7.41. The van der Waals surface area contributed by atoms with Gasteiger partial charge in [-0.25, -0.2) is 8.42 Å². The molecule has 0 radical (unpaired) electrons. The van der Waals surface area contributed by atoms with E-state index < -0.39 is 9.05 Å². The van der Waals surface area contributed by atoms with Gasteiger partial charge in [-0.15, -0.1) is 0 Å². The zero-order valence-corrected chi connectivity index (χ0v) is 14.6. The Labute approximate surface area is 132 Å². The van der Waals surface area contributed by atoms with E-state index in [1.54, 1.807) is 19.1 Å². The van der Waals surface area contributed by atoms with Crippen LogP contribution in [0.1, 0.15) is 44.2 Å². The van der Waals surface area contributed by atoms with Gasteiger partial charge >= 0.3 is 0 Å². The molecule has 1 aliphatic carbocycles. The summed E-state index contributed by atoms with van der Waals surface area (Å²) in [4.78, 5) is 0.166. The van der Waals surface area contributed by atoms with E-state index >= 15 is 0 Å². The zero-order valence-electron chi connectivity index (χ0n) is 13.0. The Bertz CT molecular complexity index is 625. The maximum Gasteiger partial charge on any atom is 0.261 e. The van der Waals surface area contributed by atoms with Crippen molar-refractivity contribution >= 4 is 19.7 Å². The van der Waals surface area contributed by atoms with E-state index in [2.05, 4.69) is 13.8 Å². The van der Waals surface area contributed by atoms with Crippen molar-refractivity contribution in [1.29, 1.82) is 0 Å². The molecule has 1 aliphatic rings. The predicted molar refractivity (Wildman–Crippen MR) is 85.5 cm³/mol. The fraction of sp³-hybridized carbons (Fsp3) is 0.625. The largest absolute Gasteiger partial charge is 0.490 e. The summed E-state index contributed by atoms with van der Waals surface area (Å²) in [5.41, 5.74) is 1.44. The normalized spacial score (nSPS) is 26.6. The average molecular weight is 331 g/mol. The molecule has 1 aromatic rings. The molecule has 3 unspecified atom stereocenters. The number of aryl methyl sites for hydroxylation is 2. The van der Waals surface area contributed by atoms with Crippen LogP contribution in [0.15, 0.2) is 17.0 Å². The monoisotopic (exact) mass is 330 g/mol. The molecular formula is C16H23ClO3S. The SMILES string of the molecule is Cc1cc(S(=O)(=O)Cl)c(C)cc1OC1CCC(C)C(C)C1. The summed E-state index contributed by atoms with van der Waals surface area (Å²) >= 11 is 0. The Morgan fingerprint density at radius 1 is 1.10 bits per heavy atom. The zero-order chi connectivity index (χ0) is 15.8. The van der Waals surface area contributed by atoms with Crippen molar-refractivity contribution in [3.63, 3.8) is 0 Å². The van der Waals surface area contributed by atoms with E-state index in [0.717, 1.165) is 30.1 Å². The van der Waals surface area contributed by atoms with Crippen molar-refractivity contribution in [2.24, 2.45) is 11.8 Å². The first kappa shape index (κ1) is 16.6. The third-order valence-electron chi connectivity index (χ3n) is 4.58. The molecule has 5 heteroatoms. The Balaban J connectivity index is 2.20. The van der Waals surface area contributed by atoms with Gasteiger partial charge in [0.1, 0.15) is 5.75 Å². The van der Waals surface area contributed by atoms with Crippen molar-refractivity contribution in [1.82, 2.24) is 0 Å². The maximum absolute atomic E-state index is 11.5. The topological polar surface area (TPSA) is 43.4 Å². The lowest BCUT2D eigenvalue weighted by atomic mass is 9.80. The van der Waals surface area contributed by atoms with Crippen LogP contribution in [0.5, 0.6) is 5.75 Å². The van der Waals surface area contributed by atoms with Crippen LogP contribution >= 0.6 is 10.7 Å². The van der Waals surface area contributed by atoms with Crippen LogP contribution in [0.25, 0.3) is 0 Å². The van der Waals surface area contributed by atoms with Crippen LogP contribution in [0.3, 0.4) is 0 Å². The van der Waals surface area contributed by atoms with Crippen molar-refractivity contribution in [2.75, 3.05) is 0 Å². The van der Waals surface area contributed by atoms with Gasteiger partial charge in [-0.05, 0) is 68.2 Å². The molecule has 3 atom stereocenters. The molecule has 2 rings (SSSR count). The van der Waals surface area contributed by atoms with Gasteiger partial charge in [0.05, 0.1) is 11.0 Å². The van der Waals surface area contributed by atoms with Crippen LogP contribution in [0.4, 0.5) is 0 Å². The highest BCUT2D eigenvalue weighted by molar-refractivity contribution is 8.13. The van der Waals surface area contributed by atoms with E-state index in [0.29, 0.717) is 11.5 Å². The molecule has 0 N–H and O–H groups in total. The van der Waals surface area contributed by atoms with Gasteiger partial charge < -0.3 is 4.74 Å². The maximum atomic E-state index is 11.5. The third-order valence-corrected chi connectivity index (χ3v) is 6.04. The summed E-state index contributed by atoms with van der Waals surface area (Å²) in [6.07, 6.45) is 3.50. The molecule has 118 valence electrons. The summed E-state index contributed by atoms with van der Waals surface area (Å²) in [5.74, 6) is 2.17. The summed E-state index contributed by atoms with van der Waals surface area (Å²) in [5, 5.41) is 0. The van der Waals surface area contributed by atoms with Gasteiger partial charge in [0.15, 0.2) is 0 Å². The van der Waals surface area contributed by atoms with Crippen LogP contribution < -0.4 is 4.74 Å². The molecule has 0 spiro atoms. The number of ether oxygens (including phenoxy) is 1. The van der Waals surface area contributed by atoms with Crippen molar-refractivity contribution in [3.05, 3.63) is 23.3 Å². The van der Waals surface area contributed by atoms with Gasteiger partial charge in [0.25, 0.3) is 9.05 Å². The van der Waals surface area contributed by atoms with Gasteiger partial charge in [0.2, 0.25) is 0 Å². The minimum atomic E-state index is -3.71. The molecule has 1 aromatic carbocycles. The Hall–Kier alpha value is -0.740. The summed E-state index contributed by atoms with van der Waals surface area (Å²) < 4.78 is 29.1. The fourth-order valence-electron chi connectivity index (χ4n) is 2.94. The van der Waals surface area contributed by atoms with Crippen molar-refractivity contribution in [3.8, 4) is 5.75 Å². The second-order valence-corrected chi connectivity index (χ2v) is 8.86. The standard InChI is InChI=1S/C16H23ClO3S/c1-10-5-6-14(7-11(10)2)20-15-8-13(4)16(9-12(15)3)21(17,18)19/h8-11,14H,5-7H2,1-4H3. The average Bonchev–Trinajstić information content (AvgIpc) is 2.36. The van der Waals surface area contributed by atoms with E-state index in [1.165, 1.54) is 6.42 Å². The summed E-state index contributed by atoms with van der Waals surface area (Å²) in [6, 6.07) is 3.38. The van der Waals surface area contributed by atoms with E-state index in [1.807, 2.05) is 6.92 Å². The van der Waals surface area contributed by atoms with E-state index in [-0.39, 0.29) is 11.0 Å². The Morgan fingerprint density at radius 2 is 1.76 bits per heavy atom. The van der Waals surface area contributed by atoms with Crippen molar-refractivity contribution in [2.45, 2.75) is 58.0 Å². The van der Waals surface area contributed by atoms with Crippen molar-refractivity contribution < 1.29 is 13.2 Å². The van der Waals surface area contributed by atoms with Gasteiger partial charge in [-0.3, -0.25) is 0 Å². The number of hydrogen-bond donors (Lipinski definition) is 0. The highest BCUT2D eigenvalue weighted by Crippen LogP contribution is 2.34. The molecule has 0 saturated heterocycles. The molecule has 0 amide bonds. The highest BCUT2D eigenvalue weighted by atomic mass is 35.7. The second kappa shape index (κ2) is 6.17. The smallest absolute Gasteiger partial charge is 0.261 e. The molecule has 1 fully saturated rings. The Morgan fingerprint density at radius 3 is 2.33 bits per heavy atom. The third kappa shape index (κ3) is 3.92. The minimum Gasteiger partial charge on any atom is -0.490 e. The fourth-order valence-corrected chi connectivity index (χ4v) is 4.20. The van der Waals surface area contributed by atoms with Gasteiger partial charge in [-0.2, -0.15) is 0 Å². The lowest BCUT2D eigenvalue weighted by Gasteiger charge is -2.32. The first-order valence-corrected chi connectivity index (χ1v) is 9.72. The quantitative estimate of drug-likeness (QED) is 0.770. The molecule has 3 nitrogen and oxygen atoms in total. The first-order chi connectivity index (χ1) is 9.68. The Kier molecular flexibility index (Phi) is 4.89. The molecule has 1 saturated carbocycles. The minimum absolute atomic E-state index is 0.166. The molecule has 0 bridgehead atoms. The lowest BCUT2D eigenvalue weighted by molar-refractivity contribution is 0.0998. The van der Waals surface area contributed by atoms with E-state index in [4.69, 9.17) is 15.4 Å². The lowest BCUT2D eigenvalue weighted by Crippen LogP contribution is -2.29. The second-order valence-electron chi connectivity index (χ2n) is 6.33.